The van der Waals surface area contributed by atoms with Gasteiger partial charge < -0.3 is 15.3 Å². The van der Waals surface area contributed by atoms with E-state index in [1.807, 2.05) is 7.05 Å². The van der Waals surface area contributed by atoms with Crippen LogP contribution in [0.5, 0.6) is 0 Å². The lowest BCUT2D eigenvalue weighted by molar-refractivity contribution is 0.304. The van der Waals surface area contributed by atoms with Gasteiger partial charge in [0.1, 0.15) is 0 Å². The van der Waals surface area contributed by atoms with Crippen molar-refractivity contribution in [2.45, 2.75) is 26.8 Å². The number of aliphatic hydroxyl groups excluding tert-OH is 1. The van der Waals surface area contributed by atoms with Crippen molar-refractivity contribution in [2.75, 3.05) is 31.6 Å². The van der Waals surface area contributed by atoms with Gasteiger partial charge in [-0.2, -0.15) is 0 Å². The fraction of sp³-hybridized carbons (Fsp3) is 0.571. The van der Waals surface area contributed by atoms with Gasteiger partial charge in [-0.1, -0.05) is 13.0 Å². The number of likely N-dealkylation sites (N-methyl/N-ethyl adjacent to an activating group) is 1. The Morgan fingerprint density at radius 1 is 1.35 bits per heavy atom. The van der Waals surface area contributed by atoms with Gasteiger partial charge in [-0.3, -0.25) is 0 Å². The standard InChI is InChI=1S/C14H24N2O/c1-4-7-15-11-13-5-6-14(10-12(13)2)16(3)8-9-17/h5-6,10,15,17H,4,7-9,11H2,1-3H3. The van der Waals surface area contributed by atoms with Crippen LogP contribution >= 0.6 is 0 Å². The predicted octanol–water partition coefficient (Wildman–Crippen LogP) is 1.92. The Bertz CT molecular complexity index is 339. The smallest absolute Gasteiger partial charge is 0.0606 e. The molecular formula is C14H24N2O. The Morgan fingerprint density at radius 3 is 2.71 bits per heavy atom. The van der Waals surface area contributed by atoms with Crippen molar-refractivity contribution in [1.82, 2.24) is 5.32 Å². The van der Waals surface area contributed by atoms with Gasteiger partial charge in [0.05, 0.1) is 6.61 Å². The van der Waals surface area contributed by atoms with Crippen LogP contribution in [0.3, 0.4) is 0 Å². The fourth-order valence-corrected chi connectivity index (χ4v) is 1.79. The molecule has 0 radical (unpaired) electrons. The summed E-state index contributed by atoms with van der Waals surface area (Å²) in [6.45, 7) is 7.17. The third kappa shape index (κ3) is 4.36. The summed E-state index contributed by atoms with van der Waals surface area (Å²) in [5, 5.41) is 12.3. The summed E-state index contributed by atoms with van der Waals surface area (Å²) in [5.74, 6) is 0. The molecule has 0 atom stereocenters. The summed E-state index contributed by atoms with van der Waals surface area (Å²) < 4.78 is 0. The highest BCUT2D eigenvalue weighted by Gasteiger charge is 2.03. The van der Waals surface area contributed by atoms with Crippen molar-refractivity contribution in [2.24, 2.45) is 0 Å². The second-order valence-electron chi connectivity index (χ2n) is 4.43. The molecule has 1 aromatic carbocycles. The quantitative estimate of drug-likeness (QED) is 0.710. The van der Waals surface area contributed by atoms with Gasteiger partial charge in [0, 0.05) is 25.8 Å². The Morgan fingerprint density at radius 2 is 2.12 bits per heavy atom. The van der Waals surface area contributed by atoms with Gasteiger partial charge in [-0.15, -0.1) is 0 Å². The van der Waals surface area contributed by atoms with E-state index in [0.717, 1.165) is 25.2 Å². The molecule has 0 fully saturated rings. The number of nitrogens with zero attached hydrogens (tertiary/aromatic N) is 1. The lowest BCUT2D eigenvalue weighted by Gasteiger charge is -2.19. The highest BCUT2D eigenvalue weighted by Crippen LogP contribution is 2.18. The number of benzene rings is 1. The number of rotatable bonds is 7. The number of aryl methyl sites for hydroxylation is 1. The molecule has 3 heteroatoms. The van der Waals surface area contributed by atoms with Crippen LogP contribution in [0.15, 0.2) is 18.2 Å². The summed E-state index contributed by atoms with van der Waals surface area (Å²) in [6.07, 6.45) is 1.16. The highest BCUT2D eigenvalue weighted by molar-refractivity contribution is 5.50. The zero-order chi connectivity index (χ0) is 12.7. The van der Waals surface area contributed by atoms with Gasteiger partial charge in [-0.05, 0) is 43.1 Å². The van der Waals surface area contributed by atoms with Crippen molar-refractivity contribution in [3.8, 4) is 0 Å². The first-order valence-corrected chi connectivity index (χ1v) is 6.31. The lowest BCUT2D eigenvalue weighted by atomic mass is 10.1. The second-order valence-corrected chi connectivity index (χ2v) is 4.43. The Balaban J connectivity index is 2.65. The minimum atomic E-state index is 0.190. The van der Waals surface area contributed by atoms with Gasteiger partial charge in [-0.25, -0.2) is 0 Å². The molecular weight excluding hydrogens is 212 g/mol. The van der Waals surface area contributed by atoms with Gasteiger partial charge in [0.15, 0.2) is 0 Å². The topological polar surface area (TPSA) is 35.5 Å². The van der Waals surface area contributed by atoms with Crippen LogP contribution in [0.4, 0.5) is 5.69 Å². The van der Waals surface area contributed by atoms with E-state index < -0.39 is 0 Å². The molecule has 2 N–H and O–H groups in total. The molecule has 0 amide bonds. The Labute approximate surface area is 104 Å². The number of hydrogen-bond donors (Lipinski definition) is 2. The van der Waals surface area contributed by atoms with E-state index in [1.165, 1.54) is 11.1 Å². The van der Waals surface area contributed by atoms with E-state index in [9.17, 15) is 0 Å². The second kappa shape index (κ2) is 7.30. The molecule has 0 aliphatic carbocycles. The maximum absolute atomic E-state index is 8.91. The molecule has 0 aromatic heterocycles. The van der Waals surface area contributed by atoms with Crippen LogP contribution in [0.1, 0.15) is 24.5 Å². The Kier molecular flexibility index (Phi) is 6.01. The van der Waals surface area contributed by atoms with Crippen LogP contribution in [-0.2, 0) is 6.54 Å². The van der Waals surface area contributed by atoms with Crippen molar-refractivity contribution in [3.63, 3.8) is 0 Å². The first kappa shape index (κ1) is 14.0. The predicted molar refractivity (Wildman–Crippen MR) is 73.5 cm³/mol. The van der Waals surface area contributed by atoms with Crippen molar-refractivity contribution < 1.29 is 5.11 Å². The molecule has 17 heavy (non-hydrogen) atoms. The van der Waals surface area contributed by atoms with Crippen molar-refractivity contribution in [3.05, 3.63) is 29.3 Å². The van der Waals surface area contributed by atoms with E-state index in [0.29, 0.717) is 6.54 Å². The molecule has 0 saturated heterocycles. The molecule has 0 spiro atoms. The molecule has 1 aromatic rings. The minimum absolute atomic E-state index is 0.190. The lowest BCUT2D eigenvalue weighted by Crippen LogP contribution is -2.21. The molecule has 0 unspecified atom stereocenters. The van der Waals surface area contributed by atoms with Gasteiger partial charge >= 0.3 is 0 Å². The monoisotopic (exact) mass is 236 g/mol. The molecule has 0 bridgehead atoms. The summed E-state index contributed by atoms with van der Waals surface area (Å²) in [6, 6.07) is 6.46. The SMILES string of the molecule is CCCNCc1ccc(N(C)CCO)cc1C. The molecule has 0 heterocycles. The van der Waals surface area contributed by atoms with Crippen LogP contribution < -0.4 is 10.2 Å². The number of aliphatic hydroxyl groups is 1. The molecule has 96 valence electrons. The largest absolute Gasteiger partial charge is 0.395 e. The Hall–Kier alpha value is -1.06. The van der Waals surface area contributed by atoms with Crippen molar-refractivity contribution >= 4 is 5.69 Å². The summed E-state index contributed by atoms with van der Waals surface area (Å²) >= 11 is 0. The molecule has 3 nitrogen and oxygen atoms in total. The summed E-state index contributed by atoms with van der Waals surface area (Å²) in [4.78, 5) is 2.07. The maximum Gasteiger partial charge on any atom is 0.0606 e. The van der Waals surface area contributed by atoms with Gasteiger partial charge in [0.25, 0.3) is 0 Å². The third-order valence-electron chi connectivity index (χ3n) is 2.94. The van der Waals surface area contributed by atoms with E-state index >= 15 is 0 Å². The summed E-state index contributed by atoms with van der Waals surface area (Å²) in [7, 11) is 2.00. The zero-order valence-corrected chi connectivity index (χ0v) is 11.2. The summed E-state index contributed by atoms with van der Waals surface area (Å²) in [5.41, 5.74) is 3.81. The van der Waals surface area contributed by atoms with E-state index in [1.54, 1.807) is 0 Å². The average molecular weight is 236 g/mol. The zero-order valence-electron chi connectivity index (χ0n) is 11.2. The first-order chi connectivity index (χ1) is 8.19. The van der Waals surface area contributed by atoms with Crippen molar-refractivity contribution in [1.29, 1.82) is 0 Å². The molecule has 0 aliphatic heterocycles. The number of nitrogens with one attached hydrogen (secondary N) is 1. The number of anilines is 1. The number of hydrogen-bond acceptors (Lipinski definition) is 3. The first-order valence-electron chi connectivity index (χ1n) is 6.31. The highest BCUT2D eigenvalue weighted by atomic mass is 16.3. The van der Waals surface area contributed by atoms with Crippen LogP contribution in [-0.4, -0.2) is 31.9 Å². The van der Waals surface area contributed by atoms with E-state index in [-0.39, 0.29) is 6.61 Å². The van der Waals surface area contributed by atoms with E-state index in [2.05, 4.69) is 42.3 Å². The third-order valence-corrected chi connectivity index (χ3v) is 2.94. The van der Waals surface area contributed by atoms with Crippen LogP contribution in [0.25, 0.3) is 0 Å². The normalized spacial score (nSPS) is 10.6. The van der Waals surface area contributed by atoms with E-state index in [4.69, 9.17) is 5.11 Å². The minimum Gasteiger partial charge on any atom is -0.395 e. The van der Waals surface area contributed by atoms with Crippen LogP contribution in [0.2, 0.25) is 0 Å². The molecule has 0 aliphatic rings. The molecule has 1 rings (SSSR count). The molecule has 0 saturated carbocycles. The van der Waals surface area contributed by atoms with Gasteiger partial charge in [0.2, 0.25) is 0 Å². The van der Waals surface area contributed by atoms with Crippen LogP contribution in [0, 0.1) is 6.92 Å². The maximum atomic E-state index is 8.91. The average Bonchev–Trinajstić information content (AvgIpc) is 2.31. The fourth-order valence-electron chi connectivity index (χ4n) is 1.79.